The Morgan fingerprint density at radius 2 is 1.65 bits per heavy atom. The molecule has 10 heteroatoms. The highest BCUT2D eigenvalue weighted by Gasteiger charge is 2.20. The Labute approximate surface area is 184 Å². The number of para-hydroxylation sites is 2. The Balaban J connectivity index is 1.90. The number of methoxy groups -OCH3 is 2. The molecular formula is C21H19ClN2O6S. The number of benzene rings is 3. The molecule has 1 amide bonds. The van der Waals surface area contributed by atoms with Gasteiger partial charge in [-0.25, -0.2) is 8.42 Å². The van der Waals surface area contributed by atoms with E-state index in [0.29, 0.717) is 10.8 Å². The van der Waals surface area contributed by atoms with Crippen LogP contribution in [0.2, 0.25) is 5.02 Å². The summed E-state index contributed by atoms with van der Waals surface area (Å²) >= 11 is 5.91. The molecule has 0 heterocycles. The van der Waals surface area contributed by atoms with E-state index in [4.69, 9.17) is 21.1 Å². The summed E-state index contributed by atoms with van der Waals surface area (Å²) in [6, 6.07) is 14.5. The van der Waals surface area contributed by atoms with Crippen molar-refractivity contribution in [1.29, 1.82) is 0 Å². The molecule has 3 aromatic carbocycles. The minimum Gasteiger partial charge on any atom is -0.506 e. The van der Waals surface area contributed by atoms with Crippen LogP contribution >= 0.6 is 11.6 Å². The molecule has 3 N–H and O–H groups in total. The number of carbonyl (C=O) groups excluding carboxylic acids is 1. The van der Waals surface area contributed by atoms with Crippen molar-refractivity contribution >= 4 is 38.9 Å². The number of halogens is 1. The predicted molar refractivity (Wildman–Crippen MR) is 118 cm³/mol. The van der Waals surface area contributed by atoms with Gasteiger partial charge in [0.15, 0.2) is 0 Å². The van der Waals surface area contributed by atoms with Gasteiger partial charge in [-0.05, 0) is 48.5 Å². The normalized spacial score (nSPS) is 10.9. The lowest BCUT2D eigenvalue weighted by Crippen LogP contribution is -2.16. The number of nitrogens with one attached hydrogen (secondary N) is 2. The van der Waals surface area contributed by atoms with E-state index >= 15 is 0 Å². The van der Waals surface area contributed by atoms with Crippen LogP contribution < -0.4 is 19.5 Å². The summed E-state index contributed by atoms with van der Waals surface area (Å²) in [4.78, 5) is 12.5. The van der Waals surface area contributed by atoms with Crippen LogP contribution in [-0.2, 0) is 10.0 Å². The Morgan fingerprint density at radius 3 is 2.35 bits per heavy atom. The van der Waals surface area contributed by atoms with Gasteiger partial charge in [0.05, 0.1) is 36.1 Å². The first-order valence-electron chi connectivity index (χ1n) is 8.89. The number of phenols is 1. The molecule has 0 bridgehead atoms. The maximum atomic E-state index is 12.8. The zero-order chi connectivity index (χ0) is 22.6. The number of sulfonamides is 1. The number of hydrogen-bond donors (Lipinski definition) is 3. The molecule has 0 aliphatic rings. The number of phenolic OH excluding ortho intramolecular Hbond substituents is 1. The molecule has 31 heavy (non-hydrogen) atoms. The fourth-order valence-corrected chi connectivity index (χ4v) is 4.02. The van der Waals surface area contributed by atoms with Crippen LogP contribution in [0.3, 0.4) is 0 Å². The van der Waals surface area contributed by atoms with Gasteiger partial charge in [-0.15, -0.1) is 0 Å². The van der Waals surface area contributed by atoms with Crippen molar-refractivity contribution in [1.82, 2.24) is 0 Å². The largest absolute Gasteiger partial charge is 0.506 e. The first kappa shape index (κ1) is 22.3. The first-order chi connectivity index (χ1) is 14.7. The molecule has 162 valence electrons. The van der Waals surface area contributed by atoms with Gasteiger partial charge in [0.2, 0.25) is 0 Å². The predicted octanol–water partition coefficient (Wildman–Crippen LogP) is 4.12. The van der Waals surface area contributed by atoms with Crippen LogP contribution in [-0.4, -0.2) is 33.7 Å². The molecule has 0 fully saturated rings. The summed E-state index contributed by atoms with van der Waals surface area (Å²) in [6.07, 6.45) is 0. The maximum absolute atomic E-state index is 12.8. The van der Waals surface area contributed by atoms with Gasteiger partial charge in [0.1, 0.15) is 17.2 Å². The molecular weight excluding hydrogens is 444 g/mol. The lowest BCUT2D eigenvalue weighted by molar-refractivity contribution is 0.102. The van der Waals surface area contributed by atoms with Crippen LogP contribution in [0.25, 0.3) is 0 Å². The van der Waals surface area contributed by atoms with E-state index in [9.17, 15) is 18.3 Å². The number of hydrogen-bond acceptors (Lipinski definition) is 6. The third-order valence-electron chi connectivity index (χ3n) is 4.29. The summed E-state index contributed by atoms with van der Waals surface area (Å²) in [5.41, 5.74) is 0.311. The second kappa shape index (κ2) is 9.15. The molecule has 0 atom stereocenters. The number of aromatic hydroxyl groups is 1. The third kappa shape index (κ3) is 5.01. The van der Waals surface area contributed by atoms with Crippen LogP contribution in [0.4, 0.5) is 11.4 Å². The van der Waals surface area contributed by atoms with E-state index in [1.54, 1.807) is 24.3 Å². The SMILES string of the molecule is COc1ccccc1NS(=O)(=O)c1ccc(O)c(NC(=O)c2ccc(Cl)cc2OC)c1. The lowest BCUT2D eigenvalue weighted by Gasteiger charge is -2.14. The van der Waals surface area contributed by atoms with Crippen molar-refractivity contribution < 1.29 is 27.8 Å². The highest BCUT2D eigenvalue weighted by Crippen LogP contribution is 2.31. The molecule has 0 aliphatic heterocycles. The van der Waals surface area contributed by atoms with Crippen LogP contribution in [0.5, 0.6) is 17.2 Å². The summed E-state index contributed by atoms with van der Waals surface area (Å²) in [7, 11) is -1.23. The summed E-state index contributed by atoms with van der Waals surface area (Å²) in [6.45, 7) is 0. The van der Waals surface area contributed by atoms with Crippen LogP contribution in [0.15, 0.2) is 65.6 Å². The minimum atomic E-state index is -4.04. The summed E-state index contributed by atoms with van der Waals surface area (Å²) in [5.74, 6) is -0.354. The van der Waals surface area contributed by atoms with Gasteiger partial charge in [0, 0.05) is 5.02 Å². The highest BCUT2D eigenvalue weighted by atomic mass is 35.5. The molecule has 0 aromatic heterocycles. The Bertz CT molecular complexity index is 1230. The summed E-state index contributed by atoms with van der Waals surface area (Å²) in [5, 5.41) is 13.0. The maximum Gasteiger partial charge on any atom is 0.262 e. The smallest absolute Gasteiger partial charge is 0.262 e. The monoisotopic (exact) mass is 462 g/mol. The van der Waals surface area contributed by atoms with Gasteiger partial charge in [-0.2, -0.15) is 0 Å². The second-order valence-electron chi connectivity index (χ2n) is 6.28. The Morgan fingerprint density at radius 1 is 0.935 bits per heavy atom. The van der Waals surface area contributed by atoms with Gasteiger partial charge < -0.3 is 19.9 Å². The van der Waals surface area contributed by atoms with Crippen molar-refractivity contribution in [3.8, 4) is 17.2 Å². The van der Waals surface area contributed by atoms with Crippen molar-refractivity contribution in [3.05, 3.63) is 71.2 Å². The zero-order valence-electron chi connectivity index (χ0n) is 16.5. The van der Waals surface area contributed by atoms with Crippen molar-refractivity contribution in [3.63, 3.8) is 0 Å². The van der Waals surface area contributed by atoms with Gasteiger partial charge in [-0.1, -0.05) is 23.7 Å². The van der Waals surface area contributed by atoms with Crippen molar-refractivity contribution in [2.45, 2.75) is 4.90 Å². The topological polar surface area (TPSA) is 114 Å². The molecule has 3 aromatic rings. The Kier molecular flexibility index (Phi) is 6.57. The van der Waals surface area contributed by atoms with Crippen molar-refractivity contribution in [2.24, 2.45) is 0 Å². The number of anilines is 2. The van der Waals surface area contributed by atoms with E-state index in [-0.39, 0.29) is 33.3 Å². The average molecular weight is 463 g/mol. The van der Waals surface area contributed by atoms with E-state index in [1.165, 1.54) is 44.6 Å². The van der Waals surface area contributed by atoms with E-state index in [2.05, 4.69) is 10.0 Å². The molecule has 0 spiro atoms. The number of rotatable bonds is 7. The van der Waals surface area contributed by atoms with E-state index in [0.717, 1.165) is 6.07 Å². The van der Waals surface area contributed by atoms with E-state index in [1.807, 2.05) is 0 Å². The van der Waals surface area contributed by atoms with Crippen LogP contribution in [0, 0.1) is 0 Å². The first-order valence-corrected chi connectivity index (χ1v) is 10.7. The van der Waals surface area contributed by atoms with Crippen LogP contribution in [0.1, 0.15) is 10.4 Å². The molecule has 0 saturated carbocycles. The number of carbonyl (C=O) groups is 1. The zero-order valence-corrected chi connectivity index (χ0v) is 18.1. The molecule has 3 rings (SSSR count). The lowest BCUT2D eigenvalue weighted by atomic mass is 10.1. The van der Waals surface area contributed by atoms with E-state index < -0.39 is 15.9 Å². The van der Waals surface area contributed by atoms with Crippen molar-refractivity contribution in [2.75, 3.05) is 24.3 Å². The molecule has 0 radical (unpaired) electrons. The highest BCUT2D eigenvalue weighted by molar-refractivity contribution is 7.92. The summed E-state index contributed by atoms with van der Waals surface area (Å²) < 4.78 is 38.4. The number of ether oxygens (including phenoxy) is 2. The van der Waals surface area contributed by atoms with Gasteiger partial charge >= 0.3 is 0 Å². The second-order valence-corrected chi connectivity index (χ2v) is 8.40. The third-order valence-corrected chi connectivity index (χ3v) is 5.88. The quantitative estimate of drug-likeness (QED) is 0.455. The molecule has 0 unspecified atom stereocenters. The van der Waals surface area contributed by atoms with Gasteiger partial charge in [-0.3, -0.25) is 9.52 Å². The molecule has 0 saturated heterocycles. The van der Waals surface area contributed by atoms with Gasteiger partial charge in [0.25, 0.3) is 15.9 Å². The fourth-order valence-electron chi connectivity index (χ4n) is 2.76. The fraction of sp³-hybridized carbons (Fsp3) is 0.0952. The average Bonchev–Trinajstić information content (AvgIpc) is 2.75. The Hall–Kier alpha value is -3.43. The molecule has 0 aliphatic carbocycles. The minimum absolute atomic E-state index is 0.0927. The number of amides is 1. The standard InChI is InChI=1S/C21H19ClN2O6S/c1-29-19-6-4-3-5-16(19)24-31(27,28)14-8-10-18(25)17(12-14)23-21(26)15-9-7-13(22)11-20(15)30-2/h3-12,24-25H,1-2H3,(H,23,26). The molecule has 8 nitrogen and oxygen atoms in total.